The molecular weight excluding hydrogens is 342 g/mol. The van der Waals surface area contributed by atoms with E-state index in [0.29, 0.717) is 5.41 Å². The fraction of sp³-hybridized carbons (Fsp3) is 0.667. The van der Waals surface area contributed by atoms with E-state index in [2.05, 4.69) is 54.8 Å². The second-order valence-corrected chi connectivity index (χ2v) is 9.16. The lowest BCUT2D eigenvalue weighted by molar-refractivity contribution is 0.0793. The number of hydrogen-bond donors (Lipinski definition) is 2. The van der Waals surface area contributed by atoms with Gasteiger partial charge in [0.05, 0.1) is 6.54 Å². The van der Waals surface area contributed by atoms with Crippen molar-refractivity contribution in [3.63, 3.8) is 0 Å². The van der Waals surface area contributed by atoms with Crippen LogP contribution >= 0.6 is 11.8 Å². The third kappa shape index (κ3) is 4.95. The van der Waals surface area contributed by atoms with E-state index in [9.17, 15) is 0 Å². The van der Waals surface area contributed by atoms with Gasteiger partial charge in [0, 0.05) is 36.5 Å². The molecule has 1 heterocycles. The van der Waals surface area contributed by atoms with Gasteiger partial charge in [-0.25, -0.2) is 0 Å². The lowest BCUT2D eigenvalue weighted by Gasteiger charge is -2.35. The molecule has 1 aromatic rings. The lowest BCUT2D eigenvalue weighted by Crippen LogP contribution is -2.43. The van der Waals surface area contributed by atoms with E-state index in [1.54, 1.807) is 0 Å². The minimum Gasteiger partial charge on any atom is -0.381 e. The molecule has 0 unspecified atom stereocenters. The number of hydrogen-bond acceptors (Lipinski definition) is 3. The molecule has 5 heteroatoms. The number of nitrogens with zero attached hydrogens (tertiary/aromatic N) is 1. The van der Waals surface area contributed by atoms with Crippen molar-refractivity contribution in [2.24, 2.45) is 4.99 Å². The monoisotopic (exact) mass is 375 g/mol. The van der Waals surface area contributed by atoms with E-state index in [1.165, 1.54) is 18.4 Å². The van der Waals surface area contributed by atoms with E-state index < -0.39 is 0 Å². The summed E-state index contributed by atoms with van der Waals surface area (Å²) in [6.07, 6.45) is 4.72. The molecule has 2 N–H and O–H groups in total. The minimum absolute atomic E-state index is 0.242. The zero-order chi connectivity index (χ0) is 18.3. The highest BCUT2D eigenvalue weighted by Gasteiger charge is 2.44. The van der Waals surface area contributed by atoms with Gasteiger partial charge in [-0.3, -0.25) is 4.99 Å². The van der Waals surface area contributed by atoms with Crippen molar-refractivity contribution in [3.8, 4) is 0 Å². The number of nitrogens with one attached hydrogen (secondary N) is 2. The van der Waals surface area contributed by atoms with Crippen LogP contribution in [-0.4, -0.2) is 49.3 Å². The molecule has 0 amide bonds. The maximum atomic E-state index is 5.58. The van der Waals surface area contributed by atoms with Crippen molar-refractivity contribution in [2.75, 3.05) is 38.6 Å². The highest BCUT2D eigenvalue weighted by atomic mass is 32.2. The first kappa shape index (κ1) is 19.6. The van der Waals surface area contributed by atoms with Crippen LogP contribution in [0.15, 0.2) is 35.3 Å². The third-order valence-corrected chi connectivity index (χ3v) is 7.00. The zero-order valence-electron chi connectivity index (χ0n) is 16.2. The Kier molecular flexibility index (Phi) is 6.87. The van der Waals surface area contributed by atoms with Crippen molar-refractivity contribution >= 4 is 17.7 Å². The average Bonchev–Trinajstić information content (AvgIpc) is 3.47. The maximum Gasteiger partial charge on any atom is 0.191 e. The van der Waals surface area contributed by atoms with Crippen LogP contribution in [-0.2, 0) is 10.2 Å². The summed E-state index contributed by atoms with van der Waals surface area (Å²) in [7, 11) is 0. The standard InChI is InChI=1S/C21H33N3OS/c1-3-22-19(24-17-21(26-4-2)12-14-25-15-13-21)23-16-20(10-11-20)18-8-6-5-7-9-18/h5-9H,3-4,10-17H2,1-2H3,(H2,22,23,24). The minimum atomic E-state index is 0.242. The van der Waals surface area contributed by atoms with Gasteiger partial charge in [0.1, 0.15) is 0 Å². The Morgan fingerprint density at radius 1 is 1.08 bits per heavy atom. The molecule has 0 spiro atoms. The van der Waals surface area contributed by atoms with Crippen molar-refractivity contribution in [3.05, 3.63) is 35.9 Å². The number of rotatable bonds is 8. The van der Waals surface area contributed by atoms with Gasteiger partial charge in [0.2, 0.25) is 0 Å². The Bertz CT molecular complexity index is 575. The summed E-state index contributed by atoms with van der Waals surface area (Å²) in [5, 5.41) is 7.05. The van der Waals surface area contributed by atoms with Gasteiger partial charge in [-0.1, -0.05) is 37.3 Å². The molecular formula is C21H33N3OS. The van der Waals surface area contributed by atoms with Gasteiger partial charge in [0.25, 0.3) is 0 Å². The first-order valence-corrected chi connectivity index (χ1v) is 11.0. The summed E-state index contributed by atoms with van der Waals surface area (Å²) in [5.74, 6) is 2.09. The Hall–Kier alpha value is -1.20. The summed E-state index contributed by atoms with van der Waals surface area (Å²) in [5.41, 5.74) is 1.75. The van der Waals surface area contributed by atoms with Gasteiger partial charge in [0.15, 0.2) is 5.96 Å². The molecule has 0 radical (unpaired) electrons. The second-order valence-electron chi connectivity index (χ2n) is 7.42. The lowest BCUT2D eigenvalue weighted by atomic mass is 9.96. The first-order chi connectivity index (χ1) is 12.7. The van der Waals surface area contributed by atoms with Crippen LogP contribution in [0.5, 0.6) is 0 Å². The SMILES string of the molecule is CCNC(=NCC1(SCC)CCOCC1)NCC1(c2ccccc2)CC1. The van der Waals surface area contributed by atoms with Gasteiger partial charge in [-0.15, -0.1) is 0 Å². The summed E-state index contributed by atoms with van der Waals surface area (Å²) in [6.45, 7) is 8.81. The number of guanidine groups is 1. The molecule has 0 aromatic heterocycles. The van der Waals surface area contributed by atoms with Crippen LogP contribution in [0.2, 0.25) is 0 Å². The molecule has 0 atom stereocenters. The number of ether oxygens (including phenoxy) is 1. The van der Waals surface area contributed by atoms with E-state index in [-0.39, 0.29) is 4.75 Å². The number of thioether (sulfide) groups is 1. The molecule has 4 nitrogen and oxygen atoms in total. The second kappa shape index (κ2) is 9.14. The zero-order valence-corrected chi connectivity index (χ0v) is 17.0. The van der Waals surface area contributed by atoms with Gasteiger partial charge in [-0.2, -0.15) is 11.8 Å². The highest BCUT2D eigenvalue weighted by Crippen LogP contribution is 2.47. The highest BCUT2D eigenvalue weighted by molar-refractivity contribution is 8.00. The van der Waals surface area contributed by atoms with Crippen molar-refractivity contribution < 1.29 is 4.74 Å². The molecule has 1 saturated heterocycles. The molecule has 1 aliphatic heterocycles. The topological polar surface area (TPSA) is 45.7 Å². The Morgan fingerprint density at radius 3 is 2.42 bits per heavy atom. The van der Waals surface area contributed by atoms with Crippen molar-refractivity contribution in [2.45, 2.75) is 49.7 Å². The Balaban J connectivity index is 1.62. The van der Waals surface area contributed by atoms with E-state index in [1.807, 2.05) is 11.8 Å². The Labute approximate surface area is 162 Å². The fourth-order valence-electron chi connectivity index (χ4n) is 3.73. The average molecular weight is 376 g/mol. The van der Waals surface area contributed by atoms with Crippen LogP contribution in [0.25, 0.3) is 0 Å². The summed E-state index contributed by atoms with van der Waals surface area (Å²) in [6, 6.07) is 10.9. The van der Waals surface area contributed by atoms with Crippen molar-refractivity contribution in [1.82, 2.24) is 10.6 Å². The van der Waals surface area contributed by atoms with E-state index in [4.69, 9.17) is 9.73 Å². The molecule has 1 aromatic carbocycles. The molecule has 144 valence electrons. The number of benzene rings is 1. The predicted molar refractivity (Wildman–Crippen MR) is 112 cm³/mol. The maximum absolute atomic E-state index is 5.58. The van der Waals surface area contributed by atoms with Crippen LogP contribution in [0.4, 0.5) is 0 Å². The fourth-order valence-corrected chi connectivity index (χ4v) is 4.95. The van der Waals surface area contributed by atoms with E-state index >= 15 is 0 Å². The van der Waals surface area contributed by atoms with Crippen LogP contribution in [0.1, 0.15) is 45.1 Å². The molecule has 1 aliphatic carbocycles. The van der Waals surface area contributed by atoms with Crippen LogP contribution < -0.4 is 10.6 Å². The summed E-state index contributed by atoms with van der Waals surface area (Å²) < 4.78 is 5.82. The third-order valence-electron chi connectivity index (χ3n) is 5.56. The van der Waals surface area contributed by atoms with Crippen molar-refractivity contribution in [1.29, 1.82) is 0 Å². The smallest absolute Gasteiger partial charge is 0.191 e. The summed E-state index contributed by atoms with van der Waals surface area (Å²) in [4.78, 5) is 4.97. The molecule has 0 bridgehead atoms. The summed E-state index contributed by atoms with van der Waals surface area (Å²) >= 11 is 2.05. The van der Waals surface area contributed by atoms with Gasteiger partial charge >= 0.3 is 0 Å². The number of aliphatic imine (C=N–C) groups is 1. The molecule has 26 heavy (non-hydrogen) atoms. The quantitative estimate of drug-likeness (QED) is 0.539. The molecule has 2 aliphatic rings. The largest absolute Gasteiger partial charge is 0.381 e. The normalized spacial score (nSPS) is 21.2. The van der Waals surface area contributed by atoms with Gasteiger partial charge < -0.3 is 15.4 Å². The first-order valence-electron chi connectivity index (χ1n) is 10.0. The predicted octanol–water partition coefficient (Wildman–Crippen LogP) is 3.58. The van der Waals surface area contributed by atoms with Gasteiger partial charge in [-0.05, 0) is 43.9 Å². The molecule has 3 rings (SSSR count). The van der Waals surface area contributed by atoms with E-state index in [0.717, 1.165) is 57.4 Å². The molecule has 2 fully saturated rings. The van der Waals surface area contributed by atoms with Crippen LogP contribution in [0, 0.1) is 0 Å². The molecule has 1 saturated carbocycles. The Morgan fingerprint density at radius 2 is 1.81 bits per heavy atom. The van der Waals surface area contributed by atoms with Crippen LogP contribution in [0.3, 0.4) is 0 Å².